The zero-order chi connectivity index (χ0) is 20.5. The Kier molecular flexibility index (Phi) is 11.0. The number of aliphatic hydroxyl groups excluding tert-OH is 1. The summed E-state index contributed by atoms with van der Waals surface area (Å²) in [5, 5.41) is 17.0. The average Bonchev–Trinajstić information content (AvgIpc) is 3.57. The summed E-state index contributed by atoms with van der Waals surface area (Å²) in [5.74, 6) is 2.37. The lowest BCUT2D eigenvalue weighted by Gasteiger charge is -2.36. The summed E-state index contributed by atoms with van der Waals surface area (Å²) < 4.78 is 11.1. The van der Waals surface area contributed by atoms with E-state index in [0.29, 0.717) is 19.1 Å². The van der Waals surface area contributed by atoms with Gasteiger partial charge in [0.15, 0.2) is 5.96 Å². The third-order valence-corrected chi connectivity index (χ3v) is 5.35. The molecular formula is C22H37IN4O3. The minimum absolute atomic E-state index is 0. The second kappa shape index (κ2) is 13.2. The maximum absolute atomic E-state index is 10.1. The fraction of sp³-hybridized carbons (Fsp3) is 0.682. The average molecular weight is 532 g/mol. The van der Waals surface area contributed by atoms with Crippen molar-refractivity contribution >= 4 is 35.6 Å². The van der Waals surface area contributed by atoms with Crippen LogP contribution in [0, 0.1) is 5.92 Å². The van der Waals surface area contributed by atoms with Crippen molar-refractivity contribution in [3.63, 3.8) is 0 Å². The number of ether oxygens (including phenoxy) is 2. The van der Waals surface area contributed by atoms with E-state index in [0.717, 1.165) is 56.5 Å². The summed E-state index contributed by atoms with van der Waals surface area (Å²) in [4.78, 5) is 6.94. The molecule has 1 heterocycles. The first-order chi connectivity index (χ1) is 14.2. The molecule has 3 rings (SSSR count). The molecular weight excluding hydrogens is 495 g/mol. The minimum Gasteiger partial charge on any atom is -0.495 e. The highest BCUT2D eigenvalue weighted by Crippen LogP contribution is 2.30. The zero-order valence-corrected chi connectivity index (χ0v) is 20.5. The van der Waals surface area contributed by atoms with Crippen LogP contribution in [-0.4, -0.2) is 69.7 Å². The van der Waals surface area contributed by atoms with Crippen molar-refractivity contribution in [1.29, 1.82) is 0 Å². The summed E-state index contributed by atoms with van der Waals surface area (Å²) in [5.41, 5.74) is 1.13. The number of rotatable bonds is 10. The summed E-state index contributed by atoms with van der Waals surface area (Å²) in [6.45, 7) is 6.19. The van der Waals surface area contributed by atoms with Crippen LogP contribution in [0.4, 0.5) is 5.69 Å². The fourth-order valence-corrected chi connectivity index (χ4v) is 3.62. The normalized spacial score (nSPS) is 20.3. The molecule has 0 amide bonds. The summed E-state index contributed by atoms with van der Waals surface area (Å²) in [6, 6.07) is 8.45. The molecule has 0 radical (unpaired) electrons. The molecule has 30 heavy (non-hydrogen) atoms. The molecule has 7 nitrogen and oxygen atoms in total. The molecule has 2 aliphatic rings. The Bertz CT molecular complexity index is 657. The van der Waals surface area contributed by atoms with E-state index in [1.807, 2.05) is 25.1 Å². The Morgan fingerprint density at radius 1 is 1.30 bits per heavy atom. The highest BCUT2D eigenvalue weighted by atomic mass is 127. The lowest BCUT2D eigenvalue weighted by atomic mass is 10.0. The third kappa shape index (κ3) is 8.11. The van der Waals surface area contributed by atoms with E-state index in [-0.39, 0.29) is 30.0 Å². The molecule has 0 aromatic heterocycles. The van der Waals surface area contributed by atoms with Crippen molar-refractivity contribution < 1.29 is 14.6 Å². The zero-order valence-electron chi connectivity index (χ0n) is 18.2. The molecule has 1 saturated heterocycles. The van der Waals surface area contributed by atoms with Gasteiger partial charge in [-0.3, -0.25) is 4.99 Å². The summed E-state index contributed by atoms with van der Waals surface area (Å²) >= 11 is 0. The molecule has 1 aliphatic carbocycles. The number of methoxy groups -OCH3 is 1. The van der Waals surface area contributed by atoms with Gasteiger partial charge >= 0.3 is 0 Å². The molecule has 1 aliphatic heterocycles. The van der Waals surface area contributed by atoms with Gasteiger partial charge < -0.3 is 30.1 Å². The van der Waals surface area contributed by atoms with Crippen molar-refractivity contribution in [1.82, 2.24) is 10.6 Å². The first-order valence-corrected chi connectivity index (χ1v) is 10.9. The van der Waals surface area contributed by atoms with Crippen molar-refractivity contribution in [2.45, 2.75) is 44.8 Å². The van der Waals surface area contributed by atoms with Crippen LogP contribution in [0.5, 0.6) is 5.75 Å². The predicted octanol–water partition coefficient (Wildman–Crippen LogP) is 2.62. The number of anilines is 1. The van der Waals surface area contributed by atoms with E-state index in [2.05, 4.69) is 26.6 Å². The third-order valence-electron chi connectivity index (χ3n) is 5.35. The largest absolute Gasteiger partial charge is 0.495 e. The van der Waals surface area contributed by atoms with Crippen LogP contribution in [0.3, 0.4) is 0 Å². The van der Waals surface area contributed by atoms with Crippen molar-refractivity contribution in [3.8, 4) is 5.75 Å². The van der Waals surface area contributed by atoms with Crippen LogP contribution in [0.2, 0.25) is 0 Å². The molecule has 2 unspecified atom stereocenters. The molecule has 2 fully saturated rings. The number of hydrogen-bond acceptors (Lipinski definition) is 5. The molecule has 1 aromatic rings. The number of nitrogens with zero attached hydrogens (tertiary/aromatic N) is 2. The maximum Gasteiger partial charge on any atom is 0.191 e. The van der Waals surface area contributed by atoms with Gasteiger partial charge in [-0.1, -0.05) is 12.1 Å². The number of guanidine groups is 1. The van der Waals surface area contributed by atoms with Gasteiger partial charge in [0.25, 0.3) is 0 Å². The number of nitrogens with one attached hydrogen (secondary N) is 2. The number of hydrogen-bond donors (Lipinski definition) is 3. The van der Waals surface area contributed by atoms with E-state index >= 15 is 0 Å². The van der Waals surface area contributed by atoms with Crippen molar-refractivity contribution in [2.24, 2.45) is 10.9 Å². The van der Waals surface area contributed by atoms with E-state index < -0.39 is 6.10 Å². The van der Waals surface area contributed by atoms with Gasteiger partial charge in [-0.25, -0.2) is 0 Å². The van der Waals surface area contributed by atoms with E-state index in [1.165, 1.54) is 12.8 Å². The van der Waals surface area contributed by atoms with E-state index in [4.69, 9.17) is 9.47 Å². The van der Waals surface area contributed by atoms with Crippen LogP contribution < -0.4 is 20.3 Å². The van der Waals surface area contributed by atoms with Crippen LogP contribution in [0.15, 0.2) is 29.3 Å². The van der Waals surface area contributed by atoms with Gasteiger partial charge in [0, 0.05) is 32.3 Å². The fourth-order valence-electron chi connectivity index (χ4n) is 3.62. The lowest BCUT2D eigenvalue weighted by Crippen LogP contribution is -2.51. The molecule has 8 heteroatoms. The highest BCUT2D eigenvalue weighted by molar-refractivity contribution is 14.0. The smallest absolute Gasteiger partial charge is 0.191 e. The second-order valence-corrected chi connectivity index (χ2v) is 7.96. The Balaban J connectivity index is 0.00000320. The van der Waals surface area contributed by atoms with Gasteiger partial charge in [-0.05, 0) is 50.7 Å². The van der Waals surface area contributed by atoms with Crippen LogP contribution >= 0.6 is 24.0 Å². The predicted molar refractivity (Wildman–Crippen MR) is 132 cm³/mol. The number of aliphatic imine (C=N–C) groups is 1. The molecule has 170 valence electrons. The van der Waals surface area contributed by atoms with Crippen molar-refractivity contribution in [2.75, 3.05) is 51.4 Å². The Labute approximate surface area is 197 Å². The van der Waals surface area contributed by atoms with Crippen molar-refractivity contribution in [3.05, 3.63) is 24.3 Å². The minimum atomic E-state index is -0.569. The lowest BCUT2D eigenvalue weighted by molar-refractivity contribution is 0.0368. The number of para-hydroxylation sites is 2. The number of halogens is 1. The number of benzene rings is 1. The van der Waals surface area contributed by atoms with E-state index in [1.54, 1.807) is 7.11 Å². The van der Waals surface area contributed by atoms with Crippen LogP contribution in [0.25, 0.3) is 0 Å². The molecule has 1 saturated carbocycles. The topological polar surface area (TPSA) is 78.4 Å². The molecule has 1 aromatic carbocycles. The SMILES string of the molecule is CCNC(=NCC(O)COCC1CC1)NC1CCCN(c2ccccc2OC)C1.I. The van der Waals surface area contributed by atoms with Gasteiger partial charge in [-0.15, -0.1) is 24.0 Å². The Hall–Kier alpha value is -1.26. The second-order valence-electron chi connectivity index (χ2n) is 7.96. The standard InChI is InChI=1S/C22H36N4O3.HI/c1-3-23-22(24-13-19(27)16-29-15-17-10-11-17)25-18-7-6-12-26(14-18)20-8-4-5-9-21(20)28-2;/h4-5,8-9,17-19,27H,3,6-7,10-16H2,1-2H3,(H2,23,24,25);1H. The first-order valence-electron chi connectivity index (χ1n) is 10.9. The molecule has 2 atom stereocenters. The molecule has 3 N–H and O–H groups in total. The summed E-state index contributed by atoms with van der Waals surface area (Å²) in [7, 11) is 1.72. The van der Waals surface area contributed by atoms with E-state index in [9.17, 15) is 5.11 Å². The van der Waals surface area contributed by atoms with Gasteiger partial charge in [0.1, 0.15) is 5.75 Å². The number of piperidine rings is 1. The number of aliphatic hydroxyl groups is 1. The van der Waals surface area contributed by atoms with Crippen LogP contribution in [0.1, 0.15) is 32.6 Å². The molecule has 0 spiro atoms. The Morgan fingerprint density at radius 3 is 2.83 bits per heavy atom. The monoisotopic (exact) mass is 532 g/mol. The first kappa shape index (κ1) is 25.0. The van der Waals surface area contributed by atoms with Crippen LogP contribution in [-0.2, 0) is 4.74 Å². The Morgan fingerprint density at radius 2 is 2.10 bits per heavy atom. The van der Waals surface area contributed by atoms with Gasteiger partial charge in [-0.2, -0.15) is 0 Å². The maximum atomic E-state index is 10.1. The van der Waals surface area contributed by atoms with Gasteiger partial charge in [0.05, 0.1) is 32.1 Å². The quantitative estimate of drug-likeness (QED) is 0.245. The highest BCUT2D eigenvalue weighted by Gasteiger charge is 2.23. The van der Waals surface area contributed by atoms with Gasteiger partial charge in [0.2, 0.25) is 0 Å². The summed E-state index contributed by atoms with van der Waals surface area (Å²) in [6.07, 6.45) is 4.14. The molecule has 0 bridgehead atoms.